The molecule has 0 saturated carbocycles. The van der Waals surface area contributed by atoms with Crippen LogP contribution >= 0.6 is 0 Å². The van der Waals surface area contributed by atoms with Gasteiger partial charge in [-0.2, -0.15) is 0 Å². The lowest BCUT2D eigenvalue weighted by atomic mass is 10.0. The van der Waals surface area contributed by atoms with Gasteiger partial charge in [-0.1, -0.05) is 54.6 Å². The van der Waals surface area contributed by atoms with E-state index < -0.39 is 0 Å². The zero-order chi connectivity index (χ0) is 20.9. The van der Waals surface area contributed by atoms with Gasteiger partial charge in [-0.3, -0.25) is 14.5 Å². The molecule has 0 N–H and O–H groups in total. The van der Waals surface area contributed by atoms with Crippen LogP contribution in [0.2, 0.25) is 0 Å². The van der Waals surface area contributed by atoms with E-state index in [0.717, 1.165) is 55.7 Å². The lowest BCUT2D eigenvalue weighted by Gasteiger charge is -2.40. The highest BCUT2D eigenvalue weighted by atomic mass is 16.2. The normalized spacial score (nSPS) is 18.4. The van der Waals surface area contributed by atoms with Crippen molar-refractivity contribution in [2.45, 2.75) is 32.2 Å². The molecule has 2 amide bonds. The molecule has 5 heteroatoms. The Morgan fingerprint density at radius 2 is 1.43 bits per heavy atom. The van der Waals surface area contributed by atoms with Crippen molar-refractivity contribution in [1.29, 1.82) is 0 Å². The minimum Gasteiger partial charge on any atom is -0.341 e. The highest BCUT2D eigenvalue weighted by Crippen LogP contribution is 2.26. The molecule has 158 valence electrons. The molecule has 2 fully saturated rings. The average molecular weight is 406 g/mol. The molecule has 1 unspecified atom stereocenters. The number of likely N-dealkylation sites (tertiary alicyclic amines) is 1. The van der Waals surface area contributed by atoms with Crippen LogP contribution in [0.15, 0.2) is 54.6 Å². The van der Waals surface area contributed by atoms with Gasteiger partial charge >= 0.3 is 0 Å². The van der Waals surface area contributed by atoms with E-state index in [1.807, 2.05) is 58.3 Å². The third-order valence-electron chi connectivity index (χ3n) is 6.40. The fourth-order valence-corrected chi connectivity index (χ4v) is 4.57. The smallest absolute Gasteiger partial charge is 0.244 e. The molecule has 30 heavy (non-hydrogen) atoms. The summed E-state index contributed by atoms with van der Waals surface area (Å²) >= 11 is 0. The molecule has 0 bridgehead atoms. The van der Waals surface area contributed by atoms with E-state index in [1.165, 1.54) is 0 Å². The molecule has 4 rings (SSSR count). The van der Waals surface area contributed by atoms with E-state index in [4.69, 9.17) is 0 Å². The minimum atomic E-state index is -0.252. The van der Waals surface area contributed by atoms with Crippen molar-refractivity contribution in [3.05, 3.63) is 71.3 Å². The molecular weight excluding hydrogens is 374 g/mol. The third kappa shape index (κ3) is 4.57. The van der Waals surface area contributed by atoms with Crippen molar-refractivity contribution in [2.75, 3.05) is 39.3 Å². The van der Waals surface area contributed by atoms with Crippen molar-refractivity contribution in [1.82, 2.24) is 14.7 Å². The van der Waals surface area contributed by atoms with Crippen LogP contribution in [0.5, 0.6) is 0 Å². The standard InChI is InChI=1S/C25H31N3O2/c1-20-9-5-6-12-22(20)19-23(29)26-15-17-27(18-16-26)24(21-10-3-2-4-11-21)25(30)28-13-7-8-14-28/h2-6,9-12,24H,7-8,13-19H2,1H3. The summed E-state index contributed by atoms with van der Waals surface area (Å²) < 4.78 is 0. The van der Waals surface area contributed by atoms with Gasteiger partial charge in [-0.25, -0.2) is 0 Å². The van der Waals surface area contributed by atoms with Gasteiger partial charge in [-0.15, -0.1) is 0 Å². The highest BCUT2D eigenvalue weighted by Gasteiger charge is 2.34. The van der Waals surface area contributed by atoms with Crippen molar-refractivity contribution in [2.24, 2.45) is 0 Å². The molecule has 2 aromatic rings. The van der Waals surface area contributed by atoms with E-state index in [2.05, 4.69) is 17.9 Å². The Kier molecular flexibility index (Phi) is 6.48. The molecule has 0 aromatic heterocycles. The van der Waals surface area contributed by atoms with Crippen molar-refractivity contribution < 1.29 is 9.59 Å². The first kappa shape index (κ1) is 20.6. The van der Waals surface area contributed by atoms with Gasteiger partial charge in [0.25, 0.3) is 0 Å². The third-order valence-corrected chi connectivity index (χ3v) is 6.40. The van der Waals surface area contributed by atoms with Gasteiger partial charge < -0.3 is 9.80 Å². The van der Waals surface area contributed by atoms with Crippen LogP contribution in [0, 0.1) is 6.92 Å². The first-order chi connectivity index (χ1) is 14.6. The predicted molar refractivity (Wildman–Crippen MR) is 118 cm³/mol. The van der Waals surface area contributed by atoms with Gasteiger partial charge in [-0.05, 0) is 36.5 Å². The Balaban J connectivity index is 1.43. The maximum absolute atomic E-state index is 13.3. The molecule has 2 heterocycles. The number of carbonyl (C=O) groups is 2. The Hall–Kier alpha value is -2.66. The van der Waals surface area contributed by atoms with E-state index in [9.17, 15) is 9.59 Å². The summed E-state index contributed by atoms with van der Waals surface area (Å²) in [5, 5.41) is 0. The van der Waals surface area contributed by atoms with Gasteiger partial charge in [0.1, 0.15) is 6.04 Å². The van der Waals surface area contributed by atoms with E-state index in [0.29, 0.717) is 19.5 Å². The number of rotatable bonds is 5. The summed E-state index contributed by atoms with van der Waals surface area (Å²) in [6.07, 6.45) is 2.63. The maximum Gasteiger partial charge on any atom is 0.244 e. The summed E-state index contributed by atoms with van der Waals surface area (Å²) in [5.41, 5.74) is 3.30. The van der Waals surface area contributed by atoms with E-state index in [-0.39, 0.29) is 17.9 Å². The van der Waals surface area contributed by atoms with Crippen LogP contribution in [0.4, 0.5) is 0 Å². The Morgan fingerprint density at radius 3 is 2.10 bits per heavy atom. The lowest BCUT2D eigenvalue weighted by molar-refractivity contribution is -0.138. The molecule has 5 nitrogen and oxygen atoms in total. The molecule has 1 atom stereocenters. The van der Waals surface area contributed by atoms with Crippen LogP contribution < -0.4 is 0 Å². The number of aryl methyl sites for hydroxylation is 1. The van der Waals surface area contributed by atoms with Crippen LogP contribution in [-0.4, -0.2) is 65.8 Å². The van der Waals surface area contributed by atoms with E-state index in [1.54, 1.807) is 0 Å². The number of benzene rings is 2. The van der Waals surface area contributed by atoms with Gasteiger partial charge in [0.15, 0.2) is 0 Å². The molecule has 2 saturated heterocycles. The summed E-state index contributed by atoms with van der Waals surface area (Å²) in [7, 11) is 0. The fourth-order valence-electron chi connectivity index (χ4n) is 4.57. The number of hydrogen-bond acceptors (Lipinski definition) is 3. The second-order valence-electron chi connectivity index (χ2n) is 8.37. The van der Waals surface area contributed by atoms with Crippen LogP contribution in [-0.2, 0) is 16.0 Å². The van der Waals surface area contributed by atoms with Crippen LogP contribution in [0.3, 0.4) is 0 Å². The first-order valence-electron chi connectivity index (χ1n) is 11.0. The topological polar surface area (TPSA) is 43.9 Å². The summed E-state index contributed by atoms with van der Waals surface area (Å²) in [6, 6.07) is 17.9. The SMILES string of the molecule is Cc1ccccc1CC(=O)N1CCN(C(C(=O)N2CCCC2)c2ccccc2)CC1. The predicted octanol–water partition coefficient (Wildman–Crippen LogP) is 3.05. The number of carbonyl (C=O) groups excluding carboxylic acids is 2. The van der Waals surface area contributed by atoms with Crippen molar-refractivity contribution in [3.8, 4) is 0 Å². The van der Waals surface area contributed by atoms with Crippen LogP contribution in [0.1, 0.15) is 35.6 Å². The first-order valence-corrected chi connectivity index (χ1v) is 11.0. The number of amides is 2. The second kappa shape index (κ2) is 9.43. The summed E-state index contributed by atoms with van der Waals surface area (Å²) in [4.78, 5) is 32.4. The quantitative estimate of drug-likeness (QED) is 0.768. The van der Waals surface area contributed by atoms with Crippen LogP contribution in [0.25, 0.3) is 0 Å². The number of piperazine rings is 1. The lowest BCUT2D eigenvalue weighted by Crippen LogP contribution is -2.53. The maximum atomic E-state index is 13.3. The Morgan fingerprint density at radius 1 is 0.800 bits per heavy atom. The van der Waals surface area contributed by atoms with E-state index >= 15 is 0 Å². The van der Waals surface area contributed by atoms with Gasteiger partial charge in [0.05, 0.1) is 6.42 Å². The molecule has 2 aliphatic heterocycles. The second-order valence-corrected chi connectivity index (χ2v) is 8.37. The Bertz CT molecular complexity index is 869. The number of hydrogen-bond donors (Lipinski definition) is 0. The zero-order valence-electron chi connectivity index (χ0n) is 17.8. The summed E-state index contributed by atoms with van der Waals surface area (Å²) in [6.45, 7) is 6.54. The van der Waals surface area contributed by atoms with Crippen molar-refractivity contribution >= 4 is 11.8 Å². The molecule has 0 spiro atoms. The minimum absolute atomic E-state index is 0.172. The fraction of sp³-hybridized carbons (Fsp3) is 0.440. The zero-order valence-corrected chi connectivity index (χ0v) is 17.8. The van der Waals surface area contributed by atoms with Gasteiger partial charge in [0.2, 0.25) is 11.8 Å². The molecular formula is C25H31N3O2. The molecule has 0 aliphatic carbocycles. The molecule has 0 radical (unpaired) electrons. The highest BCUT2D eigenvalue weighted by molar-refractivity contribution is 5.84. The van der Waals surface area contributed by atoms with Crippen molar-refractivity contribution in [3.63, 3.8) is 0 Å². The largest absolute Gasteiger partial charge is 0.341 e. The summed E-state index contributed by atoms with van der Waals surface area (Å²) in [5.74, 6) is 0.379. The molecule has 2 aliphatic rings. The average Bonchev–Trinajstić information content (AvgIpc) is 3.32. The number of nitrogens with zero attached hydrogens (tertiary/aromatic N) is 3. The molecule has 2 aromatic carbocycles. The monoisotopic (exact) mass is 405 g/mol. The van der Waals surface area contributed by atoms with Gasteiger partial charge in [0, 0.05) is 39.3 Å². The Labute approximate surface area is 179 Å².